The zero-order valence-corrected chi connectivity index (χ0v) is 12.8. The van der Waals surface area contributed by atoms with Crippen LogP contribution < -0.4 is 5.32 Å². The summed E-state index contributed by atoms with van der Waals surface area (Å²) in [6.07, 6.45) is 0.778. The van der Waals surface area contributed by atoms with Crippen LogP contribution in [0.5, 0.6) is 0 Å². The van der Waals surface area contributed by atoms with Gasteiger partial charge in [-0.15, -0.1) is 0 Å². The third-order valence-electron chi connectivity index (χ3n) is 3.82. The molecule has 1 fully saturated rings. The quantitative estimate of drug-likeness (QED) is 0.928. The van der Waals surface area contributed by atoms with E-state index in [1.54, 1.807) is 6.07 Å². The summed E-state index contributed by atoms with van der Waals surface area (Å²) >= 11 is 5.71. The number of nitrogens with zero attached hydrogens (tertiary/aromatic N) is 1. The fourth-order valence-electron chi connectivity index (χ4n) is 2.34. The van der Waals surface area contributed by atoms with Gasteiger partial charge in [0, 0.05) is 17.1 Å². The zero-order valence-electron chi connectivity index (χ0n) is 12.0. The number of hydrogen-bond acceptors (Lipinski definition) is 2. The number of hydrogen-bond donors (Lipinski definition) is 1. The highest BCUT2D eigenvalue weighted by molar-refractivity contribution is 6.30. The molecule has 21 heavy (non-hydrogen) atoms. The Labute approximate surface area is 128 Å². The second-order valence-corrected chi connectivity index (χ2v) is 5.80. The Morgan fingerprint density at radius 1 is 1.48 bits per heavy atom. The van der Waals surface area contributed by atoms with Crippen LogP contribution in [0.25, 0.3) is 0 Å². The monoisotopic (exact) mass is 312 g/mol. The molecule has 1 aromatic carbocycles. The predicted molar refractivity (Wildman–Crippen MR) is 78.2 cm³/mol. The summed E-state index contributed by atoms with van der Waals surface area (Å²) in [6, 6.07) is 3.78. The molecule has 0 spiro atoms. The van der Waals surface area contributed by atoms with Crippen molar-refractivity contribution >= 4 is 23.4 Å². The molecule has 1 heterocycles. The first-order chi connectivity index (χ1) is 9.92. The molecule has 0 aliphatic carbocycles. The van der Waals surface area contributed by atoms with E-state index in [1.165, 1.54) is 17.0 Å². The van der Waals surface area contributed by atoms with E-state index in [9.17, 15) is 14.0 Å². The van der Waals surface area contributed by atoms with Gasteiger partial charge in [-0.3, -0.25) is 9.59 Å². The normalized spacial score (nSPS) is 20.4. The average Bonchev–Trinajstić information content (AvgIpc) is 2.44. The third-order valence-corrected chi connectivity index (χ3v) is 4.05. The molecular weight excluding hydrogens is 295 g/mol. The Bertz CT molecular complexity index is 565. The van der Waals surface area contributed by atoms with Crippen LogP contribution in [0.3, 0.4) is 0 Å². The fourth-order valence-corrected chi connectivity index (χ4v) is 2.50. The van der Waals surface area contributed by atoms with Crippen molar-refractivity contribution in [3.05, 3.63) is 34.6 Å². The maximum absolute atomic E-state index is 13.8. The predicted octanol–water partition coefficient (Wildman–Crippen LogP) is 2.35. The number of benzene rings is 1. The van der Waals surface area contributed by atoms with E-state index in [1.807, 2.05) is 13.8 Å². The molecule has 2 rings (SSSR count). The van der Waals surface area contributed by atoms with Crippen LogP contribution in [0, 0.1) is 11.7 Å². The van der Waals surface area contributed by atoms with Crippen LogP contribution in [0.1, 0.15) is 25.8 Å². The minimum absolute atomic E-state index is 0.0410. The summed E-state index contributed by atoms with van der Waals surface area (Å²) in [5.41, 5.74) is 0.352. The van der Waals surface area contributed by atoms with Crippen molar-refractivity contribution in [2.45, 2.75) is 32.9 Å². The van der Waals surface area contributed by atoms with Gasteiger partial charge in [0.15, 0.2) is 0 Å². The molecule has 1 aliphatic heterocycles. The van der Waals surface area contributed by atoms with Gasteiger partial charge in [-0.2, -0.15) is 0 Å². The van der Waals surface area contributed by atoms with Crippen molar-refractivity contribution in [3.63, 3.8) is 0 Å². The van der Waals surface area contributed by atoms with E-state index < -0.39 is 11.9 Å². The summed E-state index contributed by atoms with van der Waals surface area (Å²) in [5.74, 6) is -0.812. The van der Waals surface area contributed by atoms with E-state index in [0.29, 0.717) is 10.6 Å². The molecule has 1 saturated heterocycles. The van der Waals surface area contributed by atoms with Gasteiger partial charge in [-0.05, 0) is 18.1 Å². The van der Waals surface area contributed by atoms with Crippen molar-refractivity contribution in [2.75, 3.05) is 6.54 Å². The molecule has 114 valence electrons. The minimum atomic E-state index is -0.536. The first-order valence-corrected chi connectivity index (χ1v) is 7.32. The lowest BCUT2D eigenvalue weighted by Gasteiger charge is -2.35. The first kappa shape index (κ1) is 15.8. The average molecular weight is 313 g/mol. The molecule has 2 atom stereocenters. The Morgan fingerprint density at radius 3 is 2.81 bits per heavy atom. The van der Waals surface area contributed by atoms with Crippen molar-refractivity contribution in [3.8, 4) is 0 Å². The molecule has 0 radical (unpaired) electrons. The lowest BCUT2D eigenvalue weighted by Crippen LogP contribution is -2.59. The topological polar surface area (TPSA) is 49.4 Å². The van der Waals surface area contributed by atoms with E-state index in [-0.39, 0.29) is 30.8 Å². The molecule has 1 N–H and O–H groups in total. The summed E-state index contributed by atoms with van der Waals surface area (Å²) in [5, 5.41) is 3.01. The maximum atomic E-state index is 13.8. The number of rotatable bonds is 4. The van der Waals surface area contributed by atoms with Gasteiger partial charge >= 0.3 is 0 Å². The highest BCUT2D eigenvalue weighted by atomic mass is 35.5. The van der Waals surface area contributed by atoms with E-state index in [4.69, 9.17) is 11.6 Å². The van der Waals surface area contributed by atoms with Crippen molar-refractivity contribution in [2.24, 2.45) is 5.92 Å². The number of carbonyl (C=O) groups is 2. The Hall–Kier alpha value is -1.62. The summed E-state index contributed by atoms with van der Waals surface area (Å²) in [7, 11) is 0. The van der Waals surface area contributed by atoms with Crippen molar-refractivity contribution in [1.29, 1.82) is 0 Å². The van der Waals surface area contributed by atoms with Crippen LogP contribution in [0.2, 0.25) is 5.02 Å². The van der Waals surface area contributed by atoms with Gasteiger partial charge in [0.05, 0.1) is 6.54 Å². The number of nitrogens with one attached hydrogen (secondary N) is 1. The molecule has 0 aromatic heterocycles. The number of halogens is 2. The molecule has 0 bridgehead atoms. The van der Waals surface area contributed by atoms with E-state index >= 15 is 0 Å². The van der Waals surface area contributed by atoms with Crippen molar-refractivity contribution < 1.29 is 14.0 Å². The van der Waals surface area contributed by atoms with Crippen LogP contribution in [0.15, 0.2) is 18.2 Å². The van der Waals surface area contributed by atoms with Gasteiger partial charge in [-0.1, -0.05) is 37.9 Å². The number of amides is 2. The summed E-state index contributed by atoms with van der Waals surface area (Å²) in [4.78, 5) is 25.6. The molecule has 1 aliphatic rings. The van der Waals surface area contributed by atoms with Gasteiger partial charge in [0.2, 0.25) is 11.8 Å². The minimum Gasteiger partial charge on any atom is -0.342 e. The number of piperazine rings is 1. The van der Waals surface area contributed by atoms with Crippen LogP contribution in [0.4, 0.5) is 4.39 Å². The van der Waals surface area contributed by atoms with Gasteiger partial charge in [0.1, 0.15) is 11.9 Å². The molecule has 4 nitrogen and oxygen atoms in total. The molecule has 1 aromatic rings. The third kappa shape index (κ3) is 3.53. The van der Waals surface area contributed by atoms with E-state index in [0.717, 1.165) is 6.42 Å². The molecule has 2 unspecified atom stereocenters. The zero-order chi connectivity index (χ0) is 15.6. The summed E-state index contributed by atoms with van der Waals surface area (Å²) in [6.45, 7) is 3.90. The van der Waals surface area contributed by atoms with E-state index in [2.05, 4.69) is 5.32 Å². The fraction of sp³-hybridized carbons (Fsp3) is 0.467. The number of carbonyl (C=O) groups excluding carboxylic acids is 2. The lowest BCUT2D eigenvalue weighted by atomic mass is 9.96. The highest BCUT2D eigenvalue weighted by Crippen LogP contribution is 2.19. The first-order valence-electron chi connectivity index (χ1n) is 6.94. The Morgan fingerprint density at radius 2 is 2.19 bits per heavy atom. The second-order valence-electron chi connectivity index (χ2n) is 5.36. The second kappa shape index (κ2) is 6.43. The Balaban J connectivity index is 2.18. The van der Waals surface area contributed by atoms with Crippen LogP contribution in [-0.2, 0) is 16.1 Å². The largest absolute Gasteiger partial charge is 0.342 e. The smallest absolute Gasteiger partial charge is 0.246 e. The van der Waals surface area contributed by atoms with Crippen LogP contribution >= 0.6 is 11.6 Å². The standard InChI is InChI=1S/C15H18ClFN2O2/c1-3-9(2)14-15(21)19(8-13(20)18-14)7-10-4-5-11(16)6-12(10)17/h4-6,9,14H,3,7-8H2,1-2H3,(H,18,20). The molecule has 0 saturated carbocycles. The lowest BCUT2D eigenvalue weighted by molar-refractivity contribution is -0.146. The van der Waals surface area contributed by atoms with Crippen molar-refractivity contribution in [1.82, 2.24) is 10.2 Å². The molecular formula is C15H18ClFN2O2. The molecule has 2 amide bonds. The van der Waals surface area contributed by atoms with Gasteiger partial charge < -0.3 is 10.2 Å². The van der Waals surface area contributed by atoms with Crippen LogP contribution in [-0.4, -0.2) is 29.3 Å². The Kier molecular flexibility index (Phi) is 4.83. The van der Waals surface area contributed by atoms with Gasteiger partial charge in [-0.25, -0.2) is 4.39 Å². The highest BCUT2D eigenvalue weighted by Gasteiger charge is 2.35. The summed E-state index contributed by atoms with van der Waals surface area (Å²) < 4.78 is 13.8. The molecule has 6 heteroatoms. The van der Waals surface area contributed by atoms with Gasteiger partial charge in [0.25, 0.3) is 0 Å². The maximum Gasteiger partial charge on any atom is 0.246 e. The SMILES string of the molecule is CCC(C)C1NC(=O)CN(Cc2ccc(Cl)cc2F)C1=O.